The summed E-state index contributed by atoms with van der Waals surface area (Å²) in [5.74, 6) is 0.490. The van der Waals surface area contributed by atoms with Crippen LogP contribution in [0.4, 0.5) is 4.39 Å². The molecule has 0 saturated carbocycles. The Kier molecular flexibility index (Phi) is 4.72. The van der Waals surface area contributed by atoms with Crippen molar-refractivity contribution in [1.29, 1.82) is 0 Å². The van der Waals surface area contributed by atoms with Gasteiger partial charge in [0.1, 0.15) is 5.82 Å². The highest BCUT2D eigenvalue weighted by Gasteiger charge is 2.23. The van der Waals surface area contributed by atoms with Crippen molar-refractivity contribution in [2.45, 2.75) is 26.3 Å². The first kappa shape index (κ1) is 13.5. The SMILES string of the molecule is CC(C)C[C@H](c1cccc(F)c1)N1CCNCC1. The first-order valence-electron chi connectivity index (χ1n) is 6.87. The van der Waals surface area contributed by atoms with Gasteiger partial charge in [0.15, 0.2) is 0 Å². The van der Waals surface area contributed by atoms with Gasteiger partial charge in [0.25, 0.3) is 0 Å². The van der Waals surface area contributed by atoms with E-state index >= 15 is 0 Å². The molecule has 2 rings (SSSR count). The summed E-state index contributed by atoms with van der Waals surface area (Å²) < 4.78 is 13.4. The second kappa shape index (κ2) is 6.30. The van der Waals surface area contributed by atoms with Crippen molar-refractivity contribution in [3.8, 4) is 0 Å². The molecule has 0 radical (unpaired) electrons. The fourth-order valence-corrected chi connectivity index (χ4v) is 2.65. The summed E-state index contributed by atoms with van der Waals surface area (Å²) in [6.07, 6.45) is 1.09. The van der Waals surface area contributed by atoms with Crippen molar-refractivity contribution < 1.29 is 4.39 Å². The fraction of sp³-hybridized carbons (Fsp3) is 0.600. The molecule has 2 nitrogen and oxygen atoms in total. The first-order valence-corrected chi connectivity index (χ1v) is 6.87. The maximum absolute atomic E-state index is 13.4. The van der Waals surface area contributed by atoms with Crippen molar-refractivity contribution in [2.24, 2.45) is 5.92 Å². The number of hydrogen-bond acceptors (Lipinski definition) is 2. The molecule has 18 heavy (non-hydrogen) atoms. The summed E-state index contributed by atoms with van der Waals surface area (Å²) in [7, 11) is 0. The van der Waals surface area contributed by atoms with E-state index in [1.165, 1.54) is 6.07 Å². The van der Waals surface area contributed by atoms with E-state index < -0.39 is 0 Å². The van der Waals surface area contributed by atoms with Gasteiger partial charge in [-0.3, -0.25) is 4.90 Å². The molecule has 1 atom stereocenters. The Morgan fingerprint density at radius 1 is 1.28 bits per heavy atom. The molecule has 0 bridgehead atoms. The number of piperazine rings is 1. The second-order valence-electron chi connectivity index (χ2n) is 5.49. The lowest BCUT2D eigenvalue weighted by molar-refractivity contribution is 0.154. The molecule has 1 fully saturated rings. The largest absolute Gasteiger partial charge is 0.314 e. The lowest BCUT2D eigenvalue weighted by Gasteiger charge is -2.36. The predicted molar refractivity (Wildman–Crippen MR) is 73.0 cm³/mol. The summed E-state index contributed by atoms with van der Waals surface area (Å²) in [5, 5.41) is 3.37. The Balaban J connectivity index is 2.18. The maximum atomic E-state index is 13.4. The molecular formula is C15H23FN2. The minimum Gasteiger partial charge on any atom is -0.314 e. The number of nitrogens with one attached hydrogen (secondary N) is 1. The molecule has 0 aliphatic carbocycles. The first-order chi connectivity index (χ1) is 8.66. The average Bonchev–Trinajstić information content (AvgIpc) is 2.37. The van der Waals surface area contributed by atoms with Crippen LogP contribution < -0.4 is 5.32 Å². The van der Waals surface area contributed by atoms with Crippen molar-refractivity contribution in [2.75, 3.05) is 26.2 Å². The molecule has 1 aliphatic heterocycles. The average molecular weight is 250 g/mol. The van der Waals surface area contributed by atoms with E-state index in [1.54, 1.807) is 6.07 Å². The normalized spacial score (nSPS) is 19.1. The predicted octanol–water partition coefficient (Wildman–Crippen LogP) is 2.82. The summed E-state index contributed by atoms with van der Waals surface area (Å²) in [6, 6.07) is 7.43. The van der Waals surface area contributed by atoms with E-state index in [0.29, 0.717) is 12.0 Å². The third-order valence-corrected chi connectivity index (χ3v) is 3.52. The molecule has 3 heteroatoms. The topological polar surface area (TPSA) is 15.3 Å². The summed E-state index contributed by atoms with van der Waals surface area (Å²) >= 11 is 0. The number of nitrogens with zero attached hydrogens (tertiary/aromatic N) is 1. The van der Waals surface area contributed by atoms with Crippen LogP contribution in [0.2, 0.25) is 0 Å². The van der Waals surface area contributed by atoms with Crippen LogP contribution in [0.1, 0.15) is 31.9 Å². The van der Waals surface area contributed by atoms with Gasteiger partial charge < -0.3 is 5.32 Å². The van der Waals surface area contributed by atoms with Crippen LogP contribution in [0.25, 0.3) is 0 Å². The Bertz CT molecular complexity index is 373. The summed E-state index contributed by atoms with van der Waals surface area (Å²) in [4.78, 5) is 2.48. The highest BCUT2D eigenvalue weighted by molar-refractivity contribution is 5.20. The Hall–Kier alpha value is -0.930. The smallest absolute Gasteiger partial charge is 0.123 e. The van der Waals surface area contributed by atoms with Gasteiger partial charge in [0.2, 0.25) is 0 Å². The van der Waals surface area contributed by atoms with E-state index in [4.69, 9.17) is 0 Å². The molecule has 100 valence electrons. The van der Waals surface area contributed by atoms with Crippen molar-refractivity contribution in [3.05, 3.63) is 35.6 Å². The van der Waals surface area contributed by atoms with E-state index in [0.717, 1.165) is 38.2 Å². The molecule has 0 spiro atoms. The minimum absolute atomic E-state index is 0.128. The van der Waals surface area contributed by atoms with E-state index in [9.17, 15) is 4.39 Å². The second-order valence-corrected chi connectivity index (χ2v) is 5.49. The highest BCUT2D eigenvalue weighted by atomic mass is 19.1. The van der Waals surface area contributed by atoms with Gasteiger partial charge in [-0.2, -0.15) is 0 Å². The molecule has 0 unspecified atom stereocenters. The van der Waals surface area contributed by atoms with Crippen molar-refractivity contribution >= 4 is 0 Å². The molecular weight excluding hydrogens is 227 g/mol. The van der Waals surface area contributed by atoms with Gasteiger partial charge in [0.05, 0.1) is 0 Å². The standard InChI is InChI=1S/C15H23FN2/c1-12(2)10-15(18-8-6-17-7-9-18)13-4-3-5-14(16)11-13/h3-5,11-12,15,17H,6-10H2,1-2H3/t15-/m1/s1. The van der Waals surface area contributed by atoms with Crippen molar-refractivity contribution in [3.63, 3.8) is 0 Å². The Labute approximate surface area is 109 Å². The summed E-state index contributed by atoms with van der Waals surface area (Å²) in [5.41, 5.74) is 1.12. The van der Waals surface area contributed by atoms with Crippen LogP contribution in [0.3, 0.4) is 0 Å². The van der Waals surface area contributed by atoms with E-state index in [2.05, 4.69) is 30.1 Å². The van der Waals surface area contributed by atoms with Crippen LogP contribution in [0.15, 0.2) is 24.3 Å². The Morgan fingerprint density at radius 3 is 2.61 bits per heavy atom. The maximum Gasteiger partial charge on any atom is 0.123 e. The van der Waals surface area contributed by atoms with Crippen LogP contribution in [0, 0.1) is 11.7 Å². The third kappa shape index (κ3) is 3.53. The van der Waals surface area contributed by atoms with Crippen LogP contribution >= 0.6 is 0 Å². The quantitative estimate of drug-likeness (QED) is 0.884. The van der Waals surface area contributed by atoms with Crippen LogP contribution in [0.5, 0.6) is 0 Å². The van der Waals surface area contributed by atoms with Gasteiger partial charge in [-0.05, 0) is 30.0 Å². The lowest BCUT2D eigenvalue weighted by Crippen LogP contribution is -2.45. The minimum atomic E-state index is -0.128. The molecule has 0 aromatic heterocycles. The van der Waals surface area contributed by atoms with Gasteiger partial charge >= 0.3 is 0 Å². The Morgan fingerprint density at radius 2 is 2.00 bits per heavy atom. The van der Waals surface area contributed by atoms with E-state index in [1.807, 2.05) is 6.07 Å². The molecule has 1 aromatic carbocycles. The number of rotatable bonds is 4. The van der Waals surface area contributed by atoms with Crippen LogP contribution in [-0.4, -0.2) is 31.1 Å². The molecule has 1 aromatic rings. The third-order valence-electron chi connectivity index (χ3n) is 3.52. The molecule has 1 heterocycles. The molecule has 1 N–H and O–H groups in total. The fourth-order valence-electron chi connectivity index (χ4n) is 2.65. The monoisotopic (exact) mass is 250 g/mol. The zero-order valence-corrected chi connectivity index (χ0v) is 11.3. The molecule has 1 aliphatic rings. The number of benzene rings is 1. The van der Waals surface area contributed by atoms with Gasteiger partial charge in [0, 0.05) is 32.2 Å². The van der Waals surface area contributed by atoms with Crippen LogP contribution in [-0.2, 0) is 0 Å². The molecule has 1 saturated heterocycles. The summed E-state index contributed by atoms with van der Waals surface area (Å²) in [6.45, 7) is 8.62. The lowest BCUT2D eigenvalue weighted by atomic mass is 9.95. The molecule has 0 amide bonds. The zero-order valence-electron chi connectivity index (χ0n) is 11.3. The zero-order chi connectivity index (χ0) is 13.0. The van der Waals surface area contributed by atoms with Gasteiger partial charge in [-0.1, -0.05) is 26.0 Å². The van der Waals surface area contributed by atoms with Gasteiger partial charge in [-0.15, -0.1) is 0 Å². The number of hydrogen-bond donors (Lipinski definition) is 1. The van der Waals surface area contributed by atoms with E-state index in [-0.39, 0.29) is 5.82 Å². The highest BCUT2D eigenvalue weighted by Crippen LogP contribution is 2.28. The van der Waals surface area contributed by atoms with Crippen molar-refractivity contribution in [1.82, 2.24) is 10.2 Å². The number of halogens is 1. The van der Waals surface area contributed by atoms with Gasteiger partial charge in [-0.25, -0.2) is 4.39 Å².